The molecule has 0 aromatic rings. The first-order valence-corrected chi connectivity index (χ1v) is 5.47. The lowest BCUT2D eigenvalue weighted by molar-refractivity contribution is -0.182. The lowest BCUT2D eigenvalue weighted by Gasteiger charge is -2.38. The third kappa shape index (κ3) is 3.61. The van der Waals surface area contributed by atoms with Crippen molar-refractivity contribution in [2.24, 2.45) is 11.7 Å². The van der Waals surface area contributed by atoms with Gasteiger partial charge in [0.2, 0.25) is 0 Å². The van der Waals surface area contributed by atoms with E-state index >= 15 is 0 Å². The van der Waals surface area contributed by atoms with E-state index in [4.69, 9.17) is 10.5 Å². The van der Waals surface area contributed by atoms with Gasteiger partial charge in [-0.1, -0.05) is 0 Å². The van der Waals surface area contributed by atoms with Gasteiger partial charge in [-0.2, -0.15) is 13.2 Å². The number of morpholine rings is 1. The van der Waals surface area contributed by atoms with Crippen LogP contribution in [0.5, 0.6) is 0 Å². The molecule has 3 atom stereocenters. The lowest BCUT2D eigenvalue weighted by atomic mass is 10.1. The average Bonchev–Trinajstić information content (AvgIpc) is 2.17. The molecule has 0 aliphatic carbocycles. The van der Waals surface area contributed by atoms with E-state index in [1.54, 1.807) is 4.90 Å². The molecule has 1 fully saturated rings. The summed E-state index contributed by atoms with van der Waals surface area (Å²) < 4.78 is 43.1. The highest BCUT2D eigenvalue weighted by Crippen LogP contribution is 2.27. The van der Waals surface area contributed by atoms with Gasteiger partial charge in [-0.3, -0.25) is 4.90 Å². The molecule has 0 bridgehead atoms. The van der Waals surface area contributed by atoms with Crippen molar-refractivity contribution >= 4 is 0 Å². The van der Waals surface area contributed by atoms with Gasteiger partial charge in [0.15, 0.2) is 0 Å². The number of nitrogens with two attached hydrogens (primary N) is 1. The minimum atomic E-state index is -4.21. The fourth-order valence-corrected chi connectivity index (χ4v) is 1.82. The molecular formula is C10H19F3N2O. The molecule has 96 valence electrons. The topological polar surface area (TPSA) is 38.5 Å². The molecule has 6 heteroatoms. The van der Waals surface area contributed by atoms with E-state index in [9.17, 15) is 13.2 Å². The van der Waals surface area contributed by atoms with E-state index < -0.39 is 12.1 Å². The quantitative estimate of drug-likeness (QED) is 0.806. The molecule has 16 heavy (non-hydrogen) atoms. The van der Waals surface area contributed by atoms with Crippen LogP contribution in [0.4, 0.5) is 13.2 Å². The van der Waals surface area contributed by atoms with E-state index in [1.807, 2.05) is 13.8 Å². The summed E-state index contributed by atoms with van der Waals surface area (Å²) in [6.07, 6.45) is -4.22. The van der Waals surface area contributed by atoms with Gasteiger partial charge in [0, 0.05) is 25.7 Å². The molecule has 1 aliphatic rings. The molecule has 3 nitrogen and oxygen atoms in total. The van der Waals surface area contributed by atoms with Gasteiger partial charge < -0.3 is 10.5 Å². The Bertz CT molecular complexity index is 223. The summed E-state index contributed by atoms with van der Waals surface area (Å²) in [5.74, 6) is -1.44. The summed E-state index contributed by atoms with van der Waals surface area (Å²) >= 11 is 0. The van der Waals surface area contributed by atoms with Crippen LogP contribution in [0.15, 0.2) is 0 Å². The lowest BCUT2D eigenvalue weighted by Crippen LogP contribution is -2.51. The molecule has 1 heterocycles. The van der Waals surface area contributed by atoms with Crippen LogP contribution >= 0.6 is 0 Å². The molecule has 0 radical (unpaired) electrons. The first kappa shape index (κ1) is 13.7. The largest absolute Gasteiger partial charge is 0.394 e. The Kier molecular flexibility index (Phi) is 4.58. The van der Waals surface area contributed by atoms with Gasteiger partial charge in [0.1, 0.15) is 0 Å². The van der Waals surface area contributed by atoms with Crippen molar-refractivity contribution in [1.82, 2.24) is 4.90 Å². The summed E-state index contributed by atoms with van der Waals surface area (Å²) in [6, 6.07) is 0.0209. The number of hydrogen-bond acceptors (Lipinski definition) is 3. The molecule has 1 rings (SSSR count). The van der Waals surface area contributed by atoms with Gasteiger partial charge >= 0.3 is 6.18 Å². The molecule has 3 unspecified atom stereocenters. The minimum Gasteiger partial charge on any atom is -0.376 e. The van der Waals surface area contributed by atoms with Crippen LogP contribution in [0, 0.1) is 5.92 Å². The summed E-state index contributed by atoms with van der Waals surface area (Å²) in [7, 11) is 0. The SMILES string of the molecule is CC1CN(CC(CN)C(F)(F)F)C(C)CO1. The van der Waals surface area contributed by atoms with E-state index in [1.165, 1.54) is 0 Å². The summed E-state index contributed by atoms with van der Waals surface area (Å²) in [5, 5.41) is 0. The summed E-state index contributed by atoms with van der Waals surface area (Å²) in [5.41, 5.74) is 5.18. The normalized spacial score (nSPS) is 30.4. The zero-order chi connectivity index (χ0) is 12.3. The first-order valence-electron chi connectivity index (χ1n) is 5.47. The van der Waals surface area contributed by atoms with Crippen molar-refractivity contribution in [3.63, 3.8) is 0 Å². The zero-order valence-corrected chi connectivity index (χ0v) is 9.63. The van der Waals surface area contributed by atoms with Crippen molar-refractivity contribution in [2.45, 2.75) is 32.2 Å². The van der Waals surface area contributed by atoms with E-state index in [2.05, 4.69) is 0 Å². The standard InChI is InChI=1S/C10H19F3N2O/c1-7-6-16-8(2)4-15(7)5-9(3-14)10(11,12)13/h7-9H,3-6,14H2,1-2H3. The van der Waals surface area contributed by atoms with Crippen molar-refractivity contribution < 1.29 is 17.9 Å². The monoisotopic (exact) mass is 240 g/mol. The second-order valence-corrected chi connectivity index (χ2v) is 4.42. The Hall–Kier alpha value is -0.330. The van der Waals surface area contributed by atoms with Gasteiger partial charge in [0.05, 0.1) is 18.6 Å². The van der Waals surface area contributed by atoms with Gasteiger partial charge in [0.25, 0.3) is 0 Å². The van der Waals surface area contributed by atoms with Gasteiger partial charge in [-0.15, -0.1) is 0 Å². The fourth-order valence-electron chi connectivity index (χ4n) is 1.82. The minimum absolute atomic E-state index is 0.0112. The maximum atomic E-state index is 12.6. The van der Waals surface area contributed by atoms with Crippen LogP contribution in [0.1, 0.15) is 13.8 Å². The fraction of sp³-hybridized carbons (Fsp3) is 1.00. The van der Waals surface area contributed by atoms with Crippen molar-refractivity contribution in [1.29, 1.82) is 0 Å². The molecule has 0 aromatic heterocycles. The third-order valence-electron chi connectivity index (χ3n) is 2.94. The van der Waals surface area contributed by atoms with E-state index in [0.717, 1.165) is 0 Å². The van der Waals surface area contributed by atoms with Crippen molar-refractivity contribution in [3.05, 3.63) is 0 Å². The van der Waals surface area contributed by atoms with Crippen LogP contribution in [0.25, 0.3) is 0 Å². The highest BCUT2D eigenvalue weighted by atomic mass is 19.4. The van der Waals surface area contributed by atoms with Crippen LogP contribution < -0.4 is 5.73 Å². The number of alkyl halides is 3. The highest BCUT2D eigenvalue weighted by Gasteiger charge is 2.40. The zero-order valence-electron chi connectivity index (χ0n) is 9.63. The van der Waals surface area contributed by atoms with Crippen molar-refractivity contribution in [2.75, 3.05) is 26.2 Å². The molecule has 0 spiro atoms. The number of hydrogen-bond donors (Lipinski definition) is 1. The first-order chi connectivity index (χ1) is 7.34. The predicted octanol–water partition coefficient (Wildman–Crippen LogP) is 1.23. The Balaban J connectivity index is 2.56. The Morgan fingerprint density at radius 2 is 2.06 bits per heavy atom. The molecule has 0 saturated carbocycles. The Labute approximate surface area is 93.7 Å². The summed E-state index contributed by atoms with van der Waals surface area (Å²) in [6.45, 7) is 4.36. The summed E-state index contributed by atoms with van der Waals surface area (Å²) in [4.78, 5) is 1.80. The van der Waals surface area contributed by atoms with Crippen LogP contribution in [-0.4, -0.2) is 49.5 Å². The Morgan fingerprint density at radius 1 is 1.44 bits per heavy atom. The van der Waals surface area contributed by atoms with E-state index in [-0.39, 0.29) is 25.2 Å². The molecule has 1 saturated heterocycles. The second-order valence-electron chi connectivity index (χ2n) is 4.42. The predicted molar refractivity (Wildman–Crippen MR) is 55.0 cm³/mol. The van der Waals surface area contributed by atoms with Crippen LogP contribution in [0.3, 0.4) is 0 Å². The van der Waals surface area contributed by atoms with Crippen molar-refractivity contribution in [3.8, 4) is 0 Å². The third-order valence-corrected chi connectivity index (χ3v) is 2.94. The van der Waals surface area contributed by atoms with Gasteiger partial charge in [-0.05, 0) is 13.8 Å². The number of nitrogens with zero attached hydrogens (tertiary/aromatic N) is 1. The molecule has 0 amide bonds. The second kappa shape index (κ2) is 5.33. The molecule has 1 aliphatic heterocycles. The van der Waals surface area contributed by atoms with Gasteiger partial charge in [-0.25, -0.2) is 0 Å². The Morgan fingerprint density at radius 3 is 2.56 bits per heavy atom. The molecule has 2 N–H and O–H groups in total. The van der Waals surface area contributed by atoms with Crippen LogP contribution in [-0.2, 0) is 4.74 Å². The maximum Gasteiger partial charge on any atom is 0.394 e. The highest BCUT2D eigenvalue weighted by molar-refractivity contribution is 4.80. The molecule has 0 aromatic carbocycles. The number of rotatable bonds is 3. The number of ether oxygens (including phenoxy) is 1. The molecular weight excluding hydrogens is 221 g/mol. The van der Waals surface area contributed by atoms with E-state index in [0.29, 0.717) is 13.2 Å². The maximum absolute atomic E-state index is 12.6. The van der Waals surface area contributed by atoms with Crippen LogP contribution in [0.2, 0.25) is 0 Å². The average molecular weight is 240 g/mol. The number of halogens is 3. The smallest absolute Gasteiger partial charge is 0.376 e.